The zero-order valence-electron chi connectivity index (χ0n) is 12.5. The summed E-state index contributed by atoms with van der Waals surface area (Å²) >= 11 is 0. The summed E-state index contributed by atoms with van der Waals surface area (Å²) in [6.45, 7) is 0.281. The standard InChI is InChI=1S/C16H22F3N3/c17-16(18,19)13-9-7-12(8-10-13)11-21-15(20)22-14-5-3-1-2-4-6-14/h7-10,14H,1-6,11H2,(H3,20,21,22). The number of aliphatic imine (C=N–C) groups is 1. The Morgan fingerprint density at radius 2 is 1.68 bits per heavy atom. The number of benzene rings is 1. The van der Waals surface area contributed by atoms with Crippen LogP contribution in [0.5, 0.6) is 0 Å². The predicted octanol–water partition coefficient (Wildman–Crippen LogP) is 3.83. The van der Waals surface area contributed by atoms with Crippen LogP contribution in [0.1, 0.15) is 49.7 Å². The zero-order valence-corrected chi connectivity index (χ0v) is 12.5. The van der Waals surface area contributed by atoms with Gasteiger partial charge in [0.05, 0.1) is 12.1 Å². The van der Waals surface area contributed by atoms with Gasteiger partial charge < -0.3 is 11.1 Å². The molecule has 2 rings (SSSR count). The number of guanidine groups is 1. The SMILES string of the molecule is NC(=NCc1ccc(C(F)(F)F)cc1)NC1CCCCCC1. The molecule has 0 bridgehead atoms. The number of rotatable bonds is 3. The molecule has 1 saturated carbocycles. The Morgan fingerprint density at radius 3 is 2.23 bits per heavy atom. The van der Waals surface area contributed by atoms with Gasteiger partial charge in [0.1, 0.15) is 0 Å². The summed E-state index contributed by atoms with van der Waals surface area (Å²) in [6, 6.07) is 5.37. The van der Waals surface area contributed by atoms with Gasteiger partial charge in [-0.3, -0.25) is 0 Å². The summed E-state index contributed by atoms with van der Waals surface area (Å²) in [5.41, 5.74) is 5.92. The zero-order chi connectivity index (χ0) is 16.0. The molecule has 0 spiro atoms. The fourth-order valence-corrected chi connectivity index (χ4v) is 2.65. The maximum absolute atomic E-state index is 12.5. The molecule has 1 fully saturated rings. The molecule has 0 atom stereocenters. The highest BCUT2D eigenvalue weighted by atomic mass is 19.4. The third-order valence-corrected chi connectivity index (χ3v) is 3.92. The van der Waals surface area contributed by atoms with Gasteiger partial charge in [0.25, 0.3) is 0 Å². The van der Waals surface area contributed by atoms with Crippen molar-refractivity contribution in [2.45, 2.75) is 57.3 Å². The third kappa shape index (κ3) is 5.24. The first kappa shape index (κ1) is 16.6. The minimum absolute atomic E-state index is 0.281. The van der Waals surface area contributed by atoms with Crippen LogP contribution in [0.4, 0.5) is 13.2 Å². The molecule has 0 amide bonds. The van der Waals surface area contributed by atoms with Crippen molar-refractivity contribution in [1.29, 1.82) is 0 Å². The van der Waals surface area contributed by atoms with E-state index < -0.39 is 11.7 Å². The van der Waals surface area contributed by atoms with Crippen LogP contribution in [0, 0.1) is 0 Å². The van der Waals surface area contributed by atoms with Crippen LogP contribution in [0.3, 0.4) is 0 Å². The van der Waals surface area contributed by atoms with Crippen molar-refractivity contribution in [3.05, 3.63) is 35.4 Å². The molecule has 3 N–H and O–H groups in total. The van der Waals surface area contributed by atoms with Gasteiger partial charge in [-0.05, 0) is 30.5 Å². The average Bonchev–Trinajstić information content (AvgIpc) is 2.73. The van der Waals surface area contributed by atoms with E-state index in [-0.39, 0.29) is 6.54 Å². The Bertz CT molecular complexity index is 486. The van der Waals surface area contributed by atoms with Gasteiger partial charge in [-0.15, -0.1) is 0 Å². The van der Waals surface area contributed by atoms with Crippen LogP contribution in [0.25, 0.3) is 0 Å². The van der Waals surface area contributed by atoms with Crippen LogP contribution < -0.4 is 11.1 Å². The van der Waals surface area contributed by atoms with E-state index >= 15 is 0 Å². The molecule has 1 aromatic carbocycles. The van der Waals surface area contributed by atoms with E-state index in [2.05, 4.69) is 10.3 Å². The first-order valence-corrected chi connectivity index (χ1v) is 7.68. The Balaban J connectivity index is 1.87. The molecule has 0 aromatic heterocycles. The molecule has 122 valence electrons. The second-order valence-corrected chi connectivity index (χ2v) is 5.73. The Labute approximate surface area is 128 Å². The molecular formula is C16H22F3N3. The minimum Gasteiger partial charge on any atom is -0.370 e. The first-order chi connectivity index (χ1) is 10.4. The van der Waals surface area contributed by atoms with Crippen molar-refractivity contribution >= 4 is 5.96 Å². The molecular weight excluding hydrogens is 291 g/mol. The summed E-state index contributed by atoms with van der Waals surface area (Å²) in [7, 11) is 0. The van der Waals surface area contributed by atoms with E-state index in [1.807, 2.05) is 0 Å². The summed E-state index contributed by atoms with van der Waals surface area (Å²) in [5.74, 6) is 0.367. The number of hydrogen-bond donors (Lipinski definition) is 2. The van der Waals surface area contributed by atoms with Crippen LogP contribution in [-0.2, 0) is 12.7 Å². The van der Waals surface area contributed by atoms with Crippen molar-refractivity contribution in [2.24, 2.45) is 10.7 Å². The molecule has 1 aliphatic carbocycles. The third-order valence-electron chi connectivity index (χ3n) is 3.92. The van der Waals surface area contributed by atoms with Crippen LogP contribution >= 0.6 is 0 Å². The monoisotopic (exact) mass is 313 g/mol. The number of halogens is 3. The van der Waals surface area contributed by atoms with Crippen molar-refractivity contribution in [3.8, 4) is 0 Å². The van der Waals surface area contributed by atoms with Gasteiger partial charge in [0.2, 0.25) is 0 Å². The lowest BCUT2D eigenvalue weighted by Crippen LogP contribution is -2.39. The molecule has 0 unspecified atom stereocenters. The lowest BCUT2D eigenvalue weighted by atomic mass is 10.1. The quantitative estimate of drug-likeness (QED) is 0.506. The highest BCUT2D eigenvalue weighted by Crippen LogP contribution is 2.29. The van der Waals surface area contributed by atoms with Crippen molar-refractivity contribution in [2.75, 3.05) is 0 Å². The summed E-state index contributed by atoms with van der Waals surface area (Å²) in [5, 5.41) is 3.21. The van der Waals surface area contributed by atoms with E-state index in [0.29, 0.717) is 17.6 Å². The van der Waals surface area contributed by atoms with Gasteiger partial charge in [0.15, 0.2) is 5.96 Å². The normalized spacial score (nSPS) is 18.0. The van der Waals surface area contributed by atoms with Crippen molar-refractivity contribution in [1.82, 2.24) is 5.32 Å². The molecule has 0 aliphatic heterocycles. The average molecular weight is 313 g/mol. The van der Waals surface area contributed by atoms with Gasteiger partial charge in [-0.2, -0.15) is 13.2 Å². The fourth-order valence-electron chi connectivity index (χ4n) is 2.65. The number of alkyl halides is 3. The van der Waals surface area contributed by atoms with E-state index in [0.717, 1.165) is 25.0 Å². The van der Waals surface area contributed by atoms with Gasteiger partial charge in [-0.25, -0.2) is 4.99 Å². The van der Waals surface area contributed by atoms with E-state index in [4.69, 9.17) is 5.73 Å². The largest absolute Gasteiger partial charge is 0.416 e. The van der Waals surface area contributed by atoms with Crippen molar-refractivity contribution in [3.63, 3.8) is 0 Å². The maximum Gasteiger partial charge on any atom is 0.416 e. The lowest BCUT2D eigenvalue weighted by Gasteiger charge is -2.16. The second-order valence-electron chi connectivity index (χ2n) is 5.73. The maximum atomic E-state index is 12.5. The summed E-state index contributed by atoms with van der Waals surface area (Å²) in [6.07, 6.45) is 2.81. The Morgan fingerprint density at radius 1 is 1.09 bits per heavy atom. The fraction of sp³-hybridized carbons (Fsp3) is 0.562. The number of nitrogens with zero attached hydrogens (tertiary/aromatic N) is 1. The number of nitrogens with two attached hydrogens (primary N) is 1. The molecule has 1 aromatic rings. The van der Waals surface area contributed by atoms with Crippen molar-refractivity contribution < 1.29 is 13.2 Å². The van der Waals surface area contributed by atoms with Crippen LogP contribution in [0.15, 0.2) is 29.3 Å². The Kier molecular flexibility index (Phi) is 5.69. The second kappa shape index (κ2) is 7.51. The van der Waals surface area contributed by atoms with E-state index in [1.165, 1.54) is 37.8 Å². The van der Waals surface area contributed by atoms with Crippen LogP contribution in [-0.4, -0.2) is 12.0 Å². The molecule has 0 heterocycles. The highest BCUT2D eigenvalue weighted by Gasteiger charge is 2.29. The topological polar surface area (TPSA) is 50.4 Å². The van der Waals surface area contributed by atoms with E-state index in [9.17, 15) is 13.2 Å². The number of nitrogens with one attached hydrogen (secondary N) is 1. The Hall–Kier alpha value is -1.72. The predicted molar refractivity (Wildman–Crippen MR) is 81.4 cm³/mol. The summed E-state index contributed by atoms with van der Waals surface area (Å²) in [4.78, 5) is 4.21. The molecule has 22 heavy (non-hydrogen) atoms. The van der Waals surface area contributed by atoms with Gasteiger partial charge in [-0.1, -0.05) is 37.8 Å². The van der Waals surface area contributed by atoms with Gasteiger partial charge in [0, 0.05) is 6.04 Å². The molecule has 0 radical (unpaired) electrons. The lowest BCUT2D eigenvalue weighted by molar-refractivity contribution is -0.137. The minimum atomic E-state index is -4.30. The molecule has 0 saturated heterocycles. The van der Waals surface area contributed by atoms with Gasteiger partial charge >= 0.3 is 6.18 Å². The highest BCUT2D eigenvalue weighted by molar-refractivity contribution is 5.78. The molecule has 1 aliphatic rings. The smallest absolute Gasteiger partial charge is 0.370 e. The number of hydrogen-bond acceptors (Lipinski definition) is 1. The van der Waals surface area contributed by atoms with Crippen LogP contribution in [0.2, 0.25) is 0 Å². The molecule has 3 nitrogen and oxygen atoms in total. The molecule has 6 heteroatoms. The first-order valence-electron chi connectivity index (χ1n) is 7.68. The van der Waals surface area contributed by atoms with E-state index in [1.54, 1.807) is 0 Å². The summed E-state index contributed by atoms with van der Waals surface area (Å²) < 4.78 is 37.4.